The highest BCUT2D eigenvalue weighted by Crippen LogP contribution is 2.28. The number of nitrogens with zero attached hydrogens (tertiary/aromatic N) is 4. The fourth-order valence-electron chi connectivity index (χ4n) is 3.68. The number of hydrogen-bond donors (Lipinski definition) is 1. The highest BCUT2D eigenvalue weighted by molar-refractivity contribution is 5.93. The Morgan fingerprint density at radius 2 is 1.86 bits per heavy atom. The molecule has 1 saturated heterocycles. The molecule has 0 aliphatic carbocycles. The first-order chi connectivity index (χ1) is 14.1. The lowest BCUT2D eigenvalue weighted by Crippen LogP contribution is -2.41. The van der Waals surface area contributed by atoms with Gasteiger partial charge in [0.1, 0.15) is 11.5 Å². The van der Waals surface area contributed by atoms with Crippen LogP contribution in [0.1, 0.15) is 24.1 Å². The average molecular weight is 387 g/mol. The van der Waals surface area contributed by atoms with Crippen molar-refractivity contribution in [1.29, 1.82) is 0 Å². The zero-order chi connectivity index (χ0) is 20.2. The minimum Gasteiger partial charge on any atom is -0.355 e. The number of rotatable bonds is 4. The van der Waals surface area contributed by atoms with E-state index in [1.807, 2.05) is 62.4 Å². The average Bonchev–Trinajstić information content (AvgIpc) is 2.77. The number of amides is 1. The summed E-state index contributed by atoms with van der Waals surface area (Å²) >= 11 is 0. The molecule has 0 bridgehead atoms. The summed E-state index contributed by atoms with van der Waals surface area (Å²) in [5.41, 5.74) is 3.58. The van der Waals surface area contributed by atoms with Crippen LogP contribution in [-0.4, -0.2) is 33.9 Å². The van der Waals surface area contributed by atoms with Gasteiger partial charge in [0.25, 0.3) is 0 Å². The van der Waals surface area contributed by atoms with Gasteiger partial charge in [0.2, 0.25) is 5.91 Å². The van der Waals surface area contributed by atoms with Crippen molar-refractivity contribution in [3.05, 3.63) is 66.0 Å². The van der Waals surface area contributed by atoms with Crippen LogP contribution < -0.4 is 10.2 Å². The molecule has 1 aromatic carbocycles. The van der Waals surface area contributed by atoms with Crippen LogP contribution in [0.4, 0.5) is 11.5 Å². The predicted molar refractivity (Wildman–Crippen MR) is 115 cm³/mol. The number of benzene rings is 1. The topological polar surface area (TPSA) is 71.0 Å². The standard InChI is InChI=1S/C23H25N5O/c1-16-17(2)25-21(20-12-6-7-13-24-20)27-22(16)28-14-8-9-18(15-28)23(29)26-19-10-4-3-5-11-19/h3-7,10-13,18H,8-9,14-15H2,1-2H3,(H,26,29). The number of carbonyl (C=O) groups is 1. The van der Waals surface area contributed by atoms with Crippen molar-refractivity contribution in [2.24, 2.45) is 5.92 Å². The number of anilines is 2. The number of carbonyl (C=O) groups excluding carboxylic acids is 1. The number of piperidine rings is 1. The summed E-state index contributed by atoms with van der Waals surface area (Å²) in [6, 6.07) is 15.4. The van der Waals surface area contributed by atoms with E-state index < -0.39 is 0 Å². The number of hydrogen-bond acceptors (Lipinski definition) is 5. The highest BCUT2D eigenvalue weighted by atomic mass is 16.1. The number of para-hydroxylation sites is 1. The van der Waals surface area contributed by atoms with Crippen LogP contribution in [0, 0.1) is 19.8 Å². The van der Waals surface area contributed by atoms with Crippen molar-refractivity contribution in [2.45, 2.75) is 26.7 Å². The van der Waals surface area contributed by atoms with E-state index in [0.717, 1.165) is 47.8 Å². The Morgan fingerprint density at radius 1 is 1.07 bits per heavy atom. The fraction of sp³-hybridized carbons (Fsp3) is 0.304. The van der Waals surface area contributed by atoms with Crippen LogP contribution in [0.2, 0.25) is 0 Å². The van der Waals surface area contributed by atoms with E-state index in [4.69, 9.17) is 4.98 Å². The Kier molecular flexibility index (Phi) is 5.51. The summed E-state index contributed by atoms with van der Waals surface area (Å²) in [6.07, 6.45) is 3.58. The molecule has 3 aromatic rings. The maximum atomic E-state index is 12.8. The maximum Gasteiger partial charge on any atom is 0.229 e. The summed E-state index contributed by atoms with van der Waals surface area (Å²) in [5, 5.41) is 3.04. The van der Waals surface area contributed by atoms with E-state index in [1.54, 1.807) is 6.20 Å². The quantitative estimate of drug-likeness (QED) is 0.732. The van der Waals surface area contributed by atoms with Gasteiger partial charge in [-0.15, -0.1) is 0 Å². The Labute approximate surface area is 171 Å². The van der Waals surface area contributed by atoms with Crippen molar-refractivity contribution in [2.75, 3.05) is 23.3 Å². The van der Waals surface area contributed by atoms with Gasteiger partial charge in [-0.3, -0.25) is 9.78 Å². The van der Waals surface area contributed by atoms with Crippen LogP contribution in [0.5, 0.6) is 0 Å². The van der Waals surface area contributed by atoms with Crippen molar-refractivity contribution in [1.82, 2.24) is 15.0 Å². The Morgan fingerprint density at radius 3 is 2.62 bits per heavy atom. The van der Waals surface area contributed by atoms with E-state index in [9.17, 15) is 4.79 Å². The summed E-state index contributed by atoms with van der Waals surface area (Å²) in [7, 11) is 0. The fourth-order valence-corrected chi connectivity index (χ4v) is 3.68. The molecule has 1 unspecified atom stereocenters. The smallest absolute Gasteiger partial charge is 0.229 e. The summed E-state index contributed by atoms with van der Waals surface area (Å²) in [4.78, 5) is 28.9. The minimum atomic E-state index is -0.0723. The lowest BCUT2D eigenvalue weighted by molar-refractivity contribution is -0.120. The van der Waals surface area contributed by atoms with Crippen LogP contribution in [0.25, 0.3) is 11.5 Å². The molecule has 1 atom stereocenters. The first kappa shape index (κ1) is 19.1. The molecule has 2 aromatic heterocycles. The molecule has 29 heavy (non-hydrogen) atoms. The SMILES string of the molecule is Cc1nc(-c2ccccn2)nc(N2CCCC(C(=O)Nc3ccccc3)C2)c1C. The minimum absolute atomic E-state index is 0.0641. The molecule has 0 radical (unpaired) electrons. The second-order valence-electron chi connectivity index (χ2n) is 7.44. The van der Waals surface area contributed by atoms with Crippen molar-refractivity contribution in [3.63, 3.8) is 0 Å². The molecular weight excluding hydrogens is 362 g/mol. The molecule has 148 valence electrons. The Bertz CT molecular complexity index is 991. The number of aryl methyl sites for hydroxylation is 1. The molecule has 0 saturated carbocycles. The van der Waals surface area contributed by atoms with Gasteiger partial charge in [-0.1, -0.05) is 24.3 Å². The molecule has 1 N–H and O–H groups in total. The van der Waals surface area contributed by atoms with E-state index in [-0.39, 0.29) is 11.8 Å². The zero-order valence-electron chi connectivity index (χ0n) is 16.8. The zero-order valence-corrected chi connectivity index (χ0v) is 16.8. The van der Waals surface area contributed by atoms with Gasteiger partial charge in [0.05, 0.1) is 5.92 Å². The lowest BCUT2D eigenvalue weighted by atomic mass is 9.96. The molecule has 3 heterocycles. The Hall–Kier alpha value is -3.28. The van der Waals surface area contributed by atoms with Crippen molar-refractivity contribution < 1.29 is 4.79 Å². The van der Waals surface area contributed by atoms with Gasteiger partial charge < -0.3 is 10.2 Å². The van der Waals surface area contributed by atoms with Gasteiger partial charge in [0.15, 0.2) is 5.82 Å². The first-order valence-electron chi connectivity index (χ1n) is 9.99. The van der Waals surface area contributed by atoms with Gasteiger partial charge in [-0.05, 0) is 51.0 Å². The van der Waals surface area contributed by atoms with Crippen LogP contribution in [0.15, 0.2) is 54.7 Å². The third kappa shape index (κ3) is 4.26. The molecule has 1 aliphatic heterocycles. The van der Waals surface area contributed by atoms with E-state index in [2.05, 4.69) is 20.2 Å². The molecule has 4 rings (SSSR count). The second-order valence-corrected chi connectivity index (χ2v) is 7.44. The third-order valence-electron chi connectivity index (χ3n) is 5.39. The maximum absolute atomic E-state index is 12.8. The van der Waals surface area contributed by atoms with Crippen molar-refractivity contribution >= 4 is 17.4 Å². The molecular formula is C23H25N5O. The first-order valence-corrected chi connectivity index (χ1v) is 9.99. The van der Waals surface area contributed by atoms with E-state index in [1.165, 1.54) is 0 Å². The Balaban J connectivity index is 1.56. The molecule has 1 fully saturated rings. The van der Waals surface area contributed by atoms with Gasteiger partial charge >= 0.3 is 0 Å². The summed E-state index contributed by atoms with van der Waals surface area (Å²) < 4.78 is 0. The third-order valence-corrected chi connectivity index (χ3v) is 5.39. The van der Waals surface area contributed by atoms with E-state index in [0.29, 0.717) is 12.4 Å². The molecule has 1 aliphatic rings. The molecule has 6 heteroatoms. The van der Waals surface area contributed by atoms with E-state index >= 15 is 0 Å². The molecule has 0 spiro atoms. The lowest BCUT2D eigenvalue weighted by Gasteiger charge is -2.34. The predicted octanol–water partition coefficient (Wildman–Crippen LogP) is 4.01. The molecule has 6 nitrogen and oxygen atoms in total. The number of aromatic nitrogens is 3. The summed E-state index contributed by atoms with van der Waals surface area (Å²) in [6.45, 7) is 5.57. The second kappa shape index (κ2) is 8.39. The van der Waals surface area contributed by atoms with Crippen molar-refractivity contribution in [3.8, 4) is 11.5 Å². The van der Waals surface area contributed by atoms with Crippen LogP contribution in [0.3, 0.4) is 0 Å². The van der Waals surface area contributed by atoms with Gasteiger partial charge in [-0.25, -0.2) is 9.97 Å². The number of pyridine rings is 1. The summed E-state index contributed by atoms with van der Waals surface area (Å²) in [5.74, 6) is 1.51. The number of nitrogens with one attached hydrogen (secondary N) is 1. The highest BCUT2D eigenvalue weighted by Gasteiger charge is 2.28. The van der Waals surface area contributed by atoms with Crippen LogP contribution >= 0.6 is 0 Å². The molecule has 1 amide bonds. The van der Waals surface area contributed by atoms with Gasteiger partial charge in [0, 0.05) is 36.2 Å². The monoisotopic (exact) mass is 387 g/mol. The van der Waals surface area contributed by atoms with Gasteiger partial charge in [-0.2, -0.15) is 0 Å². The normalized spacial score (nSPS) is 16.5. The largest absolute Gasteiger partial charge is 0.355 e. The van der Waals surface area contributed by atoms with Crippen LogP contribution in [-0.2, 0) is 4.79 Å².